The third-order valence-electron chi connectivity index (χ3n) is 4.61. The highest BCUT2D eigenvalue weighted by Crippen LogP contribution is 2.39. The summed E-state index contributed by atoms with van der Waals surface area (Å²) in [6, 6.07) is 35.9. The van der Waals surface area contributed by atoms with Crippen LogP contribution in [0.3, 0.4) is 0 Å². The Morgan fingerprint density at radius 2 is 0.962 bits per heavy atom. The number of methoxy groups -OCH3 is 1. The maximum Gasteiger partial charge on any atom is 0.119 e. The van der Waals surface area contributed by atoms with Crippen molar-refractivity contribution in [2.45, 2.75) is 0 Å². The second kappa shape index (κ2) is 7.28. The van der Waals surface area contributed by atoms with Crippen LogP contribution in [0.15, 0.2) is 103 Å². The van der Waals surface area contributed by atoms with E-state index in [4.69, 9.17) is 4.74 Å². The van der Waals surface area contributed by atoms with Crippen molar-refractivity contribution < 1.29 is 4.74 Å². The van der Waals surface area contributed by atoms with Crippen LogP contribution in [0, 0.1) is 0 Å². The lowest BCUT2D eigenvalue weighted by Gasteiger charge is -2.16. The zero-order valence-corrected chi connectivity index (χ0v) is 14.7. The first-order valence-corrected chi connectivity index (χ1v) is 8.75. The van der Waals surface area contributed by atoms with Gasteiger partial charge in [-0.2, -0.15) is 0 Å². The van der Waals surface area contributed by atoms with Crippen molar-refractivity contribution in [2.75, 3.05) is 7.11 Å². The molecule has 0 spiro atoms. The predicted molar refractivity (Wildman–Crippen MR) is 109 cm³/mol. The van der Waals surface area contributed by atoms with E-state index in [0.717, 1.165) is 5.75 Å². The lowest BCUT2D eigenvalue weighted by atomic mass is 9.89. The van der Waals surface area contributed by atoms with Gasteiger partial charge < -0.3 is 4.74 Å². The number of hydrogen-bond acceptors (Lipinski definition) is 1. The fraction of sp³-hybridized carbons (Fsp3) is 0.0400. The molecule has 4 aromatic rings. The van der Waals surface area contributed by atoms with Crippen LogP contribution in [0.2, 0.25) is 0 Å². The predicted octanol–water partition coefficient (Wildman–Crippen LogP) is 6.70. The summed E-state index contributed by atoms with van der Waals surface area (Å²) in [6.45, 7) is 0. The Morgan fingerprint density at radius 1 is 0.462 bits per heavy atom. The minimum Gasteiger partial charge on any atom is -0.497 e. The van der Waals surface area contributed by atoms with Gasteiger partial charge in [-0.1, -0.05) is 91.0 Å². The molecule has 4 rings (SSSR count). The molecular weight excluding hydrogens is 316 g/mol. The van der Waals surface area contributed by atoms with Gasteiger partial charge in [-0.25, -0.2) is 0 Å². The van der Waals surface area contributed by atoms with Crippen LogP contribution in [0.4, 0.5) is 0 Å². The van der Waals surface area contributed by atoms with Crippen molar-refractivity contribution in [2.24, 2.45) is 0 Å². The Balaban J connectivity index is 1.95. The summed E-state index contributed by atoms with van der Waals surface area (Å²) < 4.78 is 5.48. The van der Waals surface area contributed by atoms with Crippen molar-refractivity contribution in [3.8, 4) is 39.1 Å². The van der Waals surface area contributed by atoms with E-state index < -0.39 is 0 Å². The molecule has 26 heavy (non-hydrogen) atoms. The summed E-state index contributed by atoms with van der Waals surface area (Å²) in [5, 5.41) is 0. The summed E-state index contributed by atoms with van der Waals surface area (Å²) in [6.07, 6.45) is 0. The van der Waals surface area contributed by atoms with E-state index in [1.54, 1.807) is 7.11 Å². The van der Waals surface area contributed by atoms with E-state index in [-0.39, 0.29) is 0 Å². The molecule has 0 N–H and O–H groups in total. The Kier molecular flexibility index (Phi) is 4.53. The molecule has 1 heteroatoms. The fourth-order valence-corrected chi connectivity index (χ4v) is 3.33. The van der Waals surface area contributed by atoms with Crippen molar-refractivity contribution in [3.05, 3.63) is 103 Å². The average molecular weight is 336 g/mol. The van der Waals surface area contributed by atoms with Gasteiger partial charge in [0.2, 0.25) is 0 Å². The van der Waals surface area contributed by atoms with Crippen molar-refractivity contribution in [1.82, 2.24) is 0 Å². The highest BCUT2D eigenvalue weighted by Gasteiger charge is 2.13. The summed E-state index contributed by atoms with van der Waals surface area (Å²) in [5.41, 5.74) is 7.24. The lowest BCUT2D eigenvalue weighted by Crippen LogP contribution is -1.91. The molecule has 0 radical (unpaired) electrons. The van der Waals surface area contributed by atoms with Gasteiger partial charge in [-0.3, -0.25) is 0 Å². The van der Waals surface area contributed by atoms with Gasteiger partial charge in [-0.15, -0.1) is 0 Å². The Morgan fingerprint density at radius 3 is 1.58 bits per heavy atom. The van der Waals surface area contributed by atoms with E-state index in [1.807, 2.05) is 12.1 Å². The van der Waals surface area contributed by atoms with Gasteiger partial charge in [0.25, 0.3) is 0 Å². The molecule has 4 aromatic carbocycles. The Labute approximate surface area is 154 Å². The molecule has 0 saturated heterocycles. The van der Waals surface area contributed by atoms with Crippen LogP contribution >= 0.6 is 0 Å². The second-order valence-electron chi connectivity index (χ2n) is 6.19. The number of ether oxygens (including phenoxy) is 1. The van der Waals surface area contributed by atoms with Crippen LogP contribution in [0.25, 0.3) is 33.4 Å². The van der Waals surface area contributed by atoms with Crippen molar-refractivity contribution in [3.63, 3.8) is 0 Å². The molecule has 0 amide bonds. The number of hydrogen-bond donors (Lipinski definition) is 0. The standard InChI is InChI=1S/C25H20O/c1-26-21-16-17-24(25(18-21)20-12-6-3-7-13-20)23-15-9-8-14-22(23)19-10-4-2-5-11-19/h2-18H,1H3. The molecule has 0 fully saturated rings. The van der Waals surface area contributed by atoms with Gasteiger partial charge in [0.1, 0.15) is 5.75 Å². The minimum absolute atomic E-state index is 0.866. The summed E-state index contributed by atoms with van der Waals surface area (Å²) >= 11 is 0. The minimum atomic E-state index is 0.866. The molecule has 0 aliphatic heterocycles. The quantitative estimate of drug-likeness (QED) is 0.403. The first-order chi connectivity index (χ1) is 12.9. The van der Waals surface area contributed by atoms with E-state index in [9.17, 15) is 0 Å². The molecule has 0 saturated carbocycles. The van der Waals surface area contributed by atoms with Gasteiger partial charge >= 0.3 is 0 Å². The molecular formula is C25H20O. The summed E-state index contributed by atoms with van der Waals surface area (Å²) in [5.74, 6) is 0.866. The molecule has 126 valence electrons. The Bertz CT molecular complexity index is 1000. The van der Waals surface area contributed by atoms with Gasteiger partial charge in [-0.05, 0) is 45.5 Å². The monoisotopic (exact) mass is 336 g/mol. The third kappa shape index (κ3) is 3.12. The molecule has 0 bridgehead atoms. The third-order valence-corrected chi connectivity index (χ3v) is 4.61. The molecule has 0 aliphatic carbocycles. The largest absolute Gasteiger partial charge is 0.497 e. The van der Waals surface area contributed by atoms with Crippen LogP contribution in [0.5, 0.6) is 5.75 Å². The van der Waals surface area contributed by atoms with Crippen LogP contribution in [-0.4, -0.2) is 7.11 Å². The normalized spacial score (nSPS) is 10.5. The van der Waals surface area contributed by atoms with E-state index in [1.165, 1.54) is 33.4 Å². The zero-order valence-electron chi connectivity index (χ0n) is 14.7. The second-order valence-corrected chi connectivity index (χ2v) is 6.19. The zero-order chi connectivity index (χ0) is 17.8. The molecule has 0 unspecified atom stereocenters. The van der Waals surface area contributed by atoms with E-state index >= 15 is 0 Å². The van der Waals surface area contributed by atoms with Crippen molar-refractivity contribution in [1.29, 1.82) is 0 Å². The smallest absolute Gasteiger partial charge is 0.119 e. The van der Waals surface area contributed by atoms with E-state index in [2.05, 4.69) is 91.0 Å². The van der Waals surface area contributed by atoms with Gasteiger partial charge in [0.15, 0.2) is 0 Å². The first-order valence-electron chi connectivity index (χ1n) is 8.75. The van der Waals surface area contributed by atoms with Crippen LogP contribution in [-0.2, 0) is 0 Å². The lowest BCUT2D eigenvalue weighted by molar-refractivity contribution is 0.415. The summed E-state index contributed by atoms with van der Waals surface area (Å²) in [7, 11) is 1.71. The Hall–Kier alpha value is -3.32. The highest BCUT2D eigenvalue weighted by molar-refractivity contribution is 5.92. The van der Waals surface area contributed by atoms with Crippen LogP contribution in [0.1, 0.15) is 0 Å². The van der Waals surface area contributed by atoms with Gasteiger partial charge in [0, 0.05) is 0 Å². The van der Waals surface area contributed by atoms with Gasteiger partial charge in [0.05, 0.1) is 7.11 Å². The molecule has 1 nitrogen and oxygen atoms in total. The maximum atomic E-state index is 5.48. The van der Waals surface area contributed by atoms with Crippen LogP contribution < -0.4 is 4.74 Å². The van der Waals surface area contributed by atoms with Crippen molar-refractivity contribution >= 4 is 0 Å². The number of benzene rings is 4. The van der Waals surface area contributed by atoms with E-state index in [0.29, 0.717) is 0 Å². The number of rotatable bonds is 4. The first kappa shape index (κ1) is 16.2. The molecule has 0 atom stereocenters. The average Bonchev–Trinajstić information content (AvgIpc) is 2.74. The molecule has 0 aliphatic rings. The summed E-state index contributed by atoms with van der Waals surface area (Å²) in [4.78, 5) is 0. The molecule has 0 heterocycles. The fourth-order valence-electron chi connectivity index (χ4n) is 3.33. The highest BCUT2D eigenvalue weighted by atomic mass is 16.5. The SMILES string of the molecule is COc1ccc(-c2ccccc2-c2ccccc2)c(-c2ccccc2)c1. The topological polar surface area (TPSA) is 9.23 Å². The maximum absolute atomic E-state index is 5.48. The molecule has 0 aromatic heterocycles.